The second-order valence-electron chi connectivity index (χ2n) is 12.0. The number of hydrogen-bond acceptors (Lipinski definition) is 8. The van der Waals surface area contributed by atoms with Gasteiger partial charge in [-0.2, -0.15) is 13.2 Å². The number of carbonyl (C=O) groups is 1. The van der Waals surface area contributed by atoms with Crippen LogP contribution in [-0.2, 0) is 21.3 Å². The van der Waals surface area contributed by atoms with Gasteiger partial charge in [0.15, 0.2) is 0 Å². The fourth-order valence-corrected chi connectivity index (χ4v) is 6.17. The van der Waals surface area contributed by atoms with Crippen LogP contribution < -0.4 is 20.1 Å². The van der Waals surface area contributed by atoms with Crippen LogP contribution in [0.5, 0.6) is 5.75 Å². The molecule has 1 fully saturated rings. The average molecular weight is 680 g/mol. The highest BCUT2D eigenvalue weighted by Crippen LogP contribution is 2.32. The van der Waals surface area contributed by atoms with Gasteiger partial charge in [0.25, 0.3) is 0 Å². The van der Waals surface area contributed by atoms with Crippen LogP contribution in [-0.4, -0.2) is 86.8 Å². The van der Waals surface area contributed by atoms with Crippen molar-refractivity contribution in [3.05, 3.63) is 48.2 Å². The summed E-state index contributed by atoms with van der Waals surface area (Å²) in [5.41, 5.74) is 1.07. The molecule has 11 nitrogen and oxygen atoms in total. The minimum absolute atomic E-state index is 0.00537. The Hall–Kier alpha value is -4.13. The number of likely N-dealkylation sites (tertiary alicyclic amines) is 1. The third-order valence-electron chi connectivity index (χ3n) is 7.26. The Bertz CT molecular complexity index is 1730. The maximum Gasteiger partial charge on any atom is 0.410 e. The maximum absolute atomic E-state index is 13.7. The number of nitrogens with zero attached hydrogens (tertiary/aromatic N) is 2. The Kier molecular flexibility index (Phi) is 11.2. The molecular formula is C32H40F3N5O6S. The van der Waals surface area contributed by atoms with Crippen molar-refractivity contribution in [1.29, 1.82) is 0 Å². The number of sulfonamides is 1. The zero-order valence-corrected chi connectivity index (χ0v) is 27.5. The highest BCUT2D eigenvalue weighted by molar-refractivity contribution is 7.89. The summed E-state index contributed by atoms with van der Waals surface area (Å²) in [6.45, 7) is 4.73. The molecule has 1 amide bonds. The van der Waals surface area contributed by atoms with E-state index in [1.54, 1.807) is 23.1 Å². The lowest BCUT2D eigenvalue weighted by atomic mass is 10.0. The van der Waals surface area contributed by atoms with Gasteiger partial charge < -0.3 is 34.7 Å². The van der Waals surface area contributed by atoms with Crippen molar-refractivity contribution in [3.8, 4) is 17.6 Å². The molecule has 3 aromatic rings. The average Bonchev–Trinajstić information content (AvgIpc) is 3.34. The molecular weight excluding hydrogens is 639 g/mol. The van der Waals surface area contributed by atoms with Gasteiger partial charge in [-0.15, -0.1) is 0 Å². The van der Waals surface area contributed by atoms with Gasteiger partial charge in [-0.3, -0.25) is 0 Å². The van der Waals surface area contributed by atoms with Crippen LogP contribution in [0.3, 0.4) is 0 Å². The van der Waals surface area contributed by atoms with Crippen molar-refractivity contribution < 1.29 is 41.0 Å². The molecule has 2 heterocycles. The molecule has 2 aromatic carbocycles. The van der Waals surface area contributed by atoms with Gasteiger partial charge in [0.2, 0.25) is 10.0 Å². The van der Waals surface area contributed by atoms with E-state index in [0.717, 1.165) is 4.57 Å². The smallest absolute Gasteiger partial charge is 0.410 e. The largest absolute Gasteiger partial charge is 0.495 e. The van der Waals surface area contributed by atoms with Crippen molar-refractivity contribution in [2.24, 2.45) is 0 Å². The molecule has 47 heavy (non-hydrogen) atoms. The van der Waals surface area contributed by atoms with E-state index in [-0.39, 0.29) is 48.2 Å². The van der Waals surface area contributed by atoms with E-state index in [9.17, 15) is 26.4 Å². The number of piperidine rings is 1. The normalized spacial score (nSPS) is 14.4. The van der Waals surface area contributed by atoms with E-state index in [4.69, 9.17) is 14.6 Å². The lowest BCUT2D eigenvalue weighted by Crippen LogP contribution is -2.44. The van der Waals surface area contributed by atoms with Crippen LogP contribution in [0.15, 0.2) is 47.4 Å². The fourth-order valence-electron chi connectivity index (χ4n) is 5.14. The molecule has 0 atom stereocenters. The van der Waals surface area contributed by atoms with Crippen molar-refractivity contribution in [1.82, 2.24) is 14.2 Å². The first-order chi connectivity index (χ1) is 22.1. The van der Waals surface area contributed by atoms with Crippen LogP contribution >= 0.6 is 0 Å². The van der Waals surface area contributed by atoms with Gasteiger partial charge in [-0.1, -0.05) is 12.0 Å². The van der Waals surface area contributed by atoms with E-state index < -0.39 is 28.3 Å². The quantitative estimate of drug-likeness (QED) is 0.226. The molecule has 4 N–H and O–H groups in total. The maximum atomic E-state index is 13.7. The van der Waals surface area contributed by atoms with Crippen LogP contribution in [0, 0.1) is 11.8 Å². The van der Waals surface area contributed by atoms with Gasteiger partial charge in [0.1, 0.15) is 17.9 Å². The Morgan fingerprint density at radius 1 is 1.09 bits per heavy atom. The molecule has 0 spiro atoms. The number of aliphatic hydroxyl groups excluding tert-OH is 1. The summed E-state index contributed by atoms with van der Waals surface area (Å²) in [7, 11) is -2.49. The van der Waals surface area contributed by atoms with Crippen molar-refractivity contribution in [2.45, 2.75) is 62.9 Å². The molecule has 1 aliphatic rings. The highest BCUT2D eigenvalue weighted by Gasteiger charge is 2.31. The summed E-state index contributed by atoms with van der Waals surface area (Å²) < 4.78 is 79.9. The van der Waals surface area contributed by atoms with E-state index >= 15 is 0 Å². The topological polar surface area (TPSA) is 134 Å². The number of alkyl halides is 3. The zero-order chi connectivity index (χ0) is 34.4. The third kappa shape index (κ3) is 9.69. The number of hydrogen-bond donors (Lipinski definition) is 4. The van der Waals surface area contributed by atoms with E-state index in [1.165, 1.54) is 25.3 Å². The minimum Gasteiger partial charge on any atom is -0.495 e. The van der Waals surface area contributed by atoms with Crippen LogP contribution in [0.1, 0.15) is 39.3 Å². The zero-order valence-electron chi connectivity index (χ0n) is 26.7. The SMILES string of the molecule is COc1cc(S(=O)(=O)NCCO)ccc1NCC#Cc1cc2c(NC3CCN(C(=O)OC(C)(C)C)CC3)cccc2n1CC(F)(F)F. The number of carbonyl (C=O) groups excluding carboxylic acids is 1. The lowest BCUT2D eigenvalue weighted by Gasteiger charge is -2.34. The molecule has 4 rings (SSSR count). The van der Waals surface area contributed by atoms with Crippen molar-refractivity contribution in [2.75, 3.05) is 50.5 Å². The van der Waals surface area contributed by atoms with Crippen molar-refractivity contribution >= 4 is 38.4 Å². The second-order valence-corrected chi connectivity index (χ2v) is 13.8. The Labute approximate surface area is 272 Å². The Morgan fingerprint density at radius 3 is 2.45 bits per heavy atom. The molecule has 1 saturated heterocycles. The number of amides is 1. The van der Waals surface area contributed by atoms with E-state index in [1.807, 2.05) is 26.8 Å². The molecule has 15 heteroatoms. The van der Waals surface area contributed by atoms with Gasteiger partial charge in [0, 0.05) is 42.8 Å². The Balaban J connectivity index is 1.51. The first-order valence-corrected chi connectivity index (χ1v) is 16.5. The second kappa shape index (κ2) is 14.7. The summed E-state index contributed by atoms with van der Waals surface area (Å²) >= 11 is 0. The molecule has 0 unspecified atom stereocenters. The summed E-state index contributed by atoms with van der Waals surface area (Å²) in [4.78, 5) is 14.0. The number of rotatable bonds is 10. The highest BCUT2D eigenvalue weighted by atomic mass is 32.2. The summed E-state index contributed by atoms with van der Waals surface area (Å²) in [5.74, 6) is 5.93. The lowest BCUT2D eigenvalue weighted by molar-refractivity contribution is -0.140. The summed E-state index contributed by atoms with van der Waals surface area (Å²) in [6.07, 6.45) is -3.56. The van der Waals surface area contributed by atoms with Crippen LogP contribution in [0.2, 0.25) is 0 Å². The number of nitrogens with one attached hydrogen (secondary N) is 3. The summed E-state index contributed by atoms with van der Waals surface area (Å²) in [6, 6.07) is 10.9. The first-order valence-electron chi connectivity index (χ1n) is 15.0. The monoisotopic (exact) mass is 679 g/mol. The van der Waals surface area contributed by atoms with Crippen LogP contribution in [0.4, 0.5) is 29.3 Å². The molecule has 0 bridgehead atoms. The van der Waals surface area contributed by atoms with E-state index in [0.29, 0.717) is 48.2 Å². The number of halogens is 3. The van der Waals surface area contributed by atoms with Gasteiger partial charge in [-0.05, 0) is 69.9 Å². The standard InChI is InChI=1S/C32H40F3N5O6S/c1-31(2,3)46-30(42)39-16-12-22(13-17-39)38-26-8-5-9-28-25(26)19-23(40(28)21-32(33,34)35)7-6-14-36-27-11-10-24(20-29(27)45-4)47(43,44)37-15-18-41/h5,8-11,19-20,22,36-38,41H,12-18,21H2,1-4H3. The molecule has 1 aliphatic heterocycles. The predicted octanol–water partition coefficient (Wildman–Crippen LogP) is 4.76. The number of anilines is 2. The predicted molar refractivity (Wildman–Crippen MR) is 173 cm³/mol. The van der Waals surface area contributed by atoms with Crippen molar-refractivity contribution in [3.63, 3.8) is 0 Å². The number of aliphatic hydroxyl groups is 1. The Morgan fingerprint density at radius 2 is 1.81 bits per heavy atom. The molecule has 0 aliphatic carbocycles. The van der Waals surface area contributed by atoms with Gasteiger partial charge >= 0.3 is 12.3 Å². The van der Waals surface area contributed by atoms with E-state index in [2.05, 4.69) is 27.2 Å². The molecule has 1 aromatic heterocycles. The number of fused-ring (bicyclic) bond motifs is 1. The van der Waals surface area contributed by atoms with Crippen LogP contribution in [0.25, 0.3) is 10.9 Å². The minimum atomic E-state index is -4.49. The van der Waals surface area contributed by atoms with Gasteiger partial charge in [-0.25, -0.2) is 17.9 Å². The number of benzene rings is 2. The first kappa shape index (κ1) is 35.7. The number of ether oxygens (including phenoxy) is 2. The number of methoxy groups -OCH3 is 1. The fraction of sp³-hybridized carbons (Fsp3) is 0.469. The summed E-state index contributed by atoms with van der Waals surface area (Å²) in [5, 5.41) is 16.0. The van der Waals surface area contributed by atoms with Gasteiger partial charge in [0.05, 0.1) is 42.1 Å². The molecule has 0 saturated carbocycles. The number of aromatic nitrogens is 1. The third-order valence-corrected chi connectivity index (χ3v) is 8.72. The molecule has 0 radical (unpaired) electrons. The molecule has 256 valence electrons.